The Bertz CT molecular complexity index is 1110. The van der Waals surface area contributed by atoms with Crippen LogP contribution >= 0.6 is 0 Å². The first-order chi connectivity index (χ1) is 13.9. The van der Waals surface area contributed by atoms with Crippen LogP contribution in [0.3, 0.4) is 0 Å². The Hall–Kier alpha value is -3.73. The van der Waals surface area contributed by atoms with Crippen molar-refractivity contribution in [2.45, 2.75) is 0 Å². The Morgan fingerprint density at radius 3 is 2.04 bits per heavy atom. The van der Waals surface area contributed by atoms with E-state index in [1.807, 2.05) is 54.6 Å². The van der Waals surface area contributed by atoms with Gasteiger partial charge in [-0.1, -0.05) is 71.9 Å². The van der Waals surface area contributed by atoms with Crippen LogP contribution in [-0.4, -0.2) is 29.1 Å². The molecule has 1 aliphatic rings. The molecule has 5 nitrogen and oxygen atoms in total. The van der Waals surface area contributed by atoms with Crippen molar-refractivity contribution in [2.75, 3.05) is 13.1 Å². The van der Waals surface area contributed by atoms with Crippen molar-refractivity contribution in [3.05, 3.63) is 84.4 Å². The Kier molecular flexibility index (Phi) is 4.18. The molecule has 2 heterocycles. The van der Waals surface area contributed by atoms with E-state index in [-0.39, 0.29) is 0 Å². The number of benzene rings is 3. The van der Waals surface area contributed by atoms with E-state index in [9.17, 15) is 0 Å². The van der Waals surface area contributed by atoms with Gasteiger partial charge in [0.25, 0.3) is 5.89 Å². The van der Waals surface area contributed by atoms with Crippen molar-refractivity contribution < 1.29 is 4.52 Å². The molecule has 1 aliphatic heterocycles. The van der Waals surface area contributed by atoms with E-state index >= 15 is 0 Å². The van der Waals surface area contributed by atoms with Gasteiger partial charge in [-0.15, -0.1) is 0 Å². The Balaban J connectivity index is 1.37. The Labute approximate surface area is 162 Å². The van der Waals surface area contributed by atoms with Crippen LogP contribution in [0.2, 0.25) is 0 Å². The predicted octanol–water partition coefficient (Wildman–Crippen LogP) is 4.42. The van der Waals surface area contributed by atoms with Crippen molar-refractivity contribution in [3.63, 3.8) is 0 Å². The van der Waals surface area contributed by atoms with Crippen LogP contribution in [0.5, 0.6) is 0 Å². The highest BCUT2D eigenvalue weighted by Gasteiger charge is 2.12. The van der Waals surface area contributed by atoms with Gasteiger partial charge in [0.1, 0.15) is 5.84 Å². The van der Waals surface area contributed by atoms with Gasteiger partial charge in [0.05, 0.1) is 6.54 Å². The lowest BCUT2D eigenvalue weighted by Crippen LogP contribution is -2.19. The molecular formula is C23H18N4O. The summed E-state index contributed by atoms with van der Waals surface area (Å²) in [6.45, 7) is 1.72. The number of nitrogens with one attached hydrogen (secondary N) is 1. The molecule has 1 aromatic heterocycles. The van der Waals surface area contributed by atoms with E-state index in [1.165, 1.54) is 5.56 Å². The number of rotatable bonds is 4. The Morgan fingerprint density at radius 1 is 0.679 bits per heavy atom. The summed E-state index contributed by atoms with van der Waals surface area (Å²) < 4.78 is 5.48. The average molecular weight is 366 g/mol. The quantitative estimate of drug-likeness (QED) is 0.581. The van der Waals surface area contributed by atoms with Gasteiger partial charge >= 0.3 is 0 Å². The minimum absolute atomic E-state index is 0.509. The first-order valence-electron chi connectivity index (χ1n) is 9.25. The molecule has 4 aromatic rings. The maximum absolute atomic E-state index is 5.48. The monoisotopic (exact) mass is 366 g/mol. The van der Waals surface area contributed by atoms with Gasteiger partial charge < -0.3 is 9.84 Å². The molecule has 5 heteroatoms. The molecule has 136 valence electrons. The summed E-state index contributed by atoms with van der Waals surface area (Å²) in [5.41, 5.74) is 5.23. The molecule has 0 spiro atoms. The zero-order valence-electron chi connectivity index (χ0n) is 15.2. The third-order valence-electron chi connectivity index (χ3n) is 4.76. The van der Waals surface area contributed by atoms with E-state index < -0.39 is 0 Å². The van der Waals surface area contributed by atoms with Crippen molar-refractivity contribution in [3.8, 4) is 34.0 Å². The molecule has 0 atom stereocenters. The second kappa shape index (κ2) is 7.12. The van der Waals surface area contributed by atoms with Crippen LogP contribution in [0.1, 0.15) is 5.56 Å². The minimum Gasteiger partial charge on any atom is -0.368 e. The molecule has 5 rings (SSSR count). The van der Waals surface area contributed by atoms with Crippen LogP contribution in [0.4, 0.5) is 0 Å². The van der Waals surface area contributed by atoms with Gasteiger partial charge in [0, 0.05) is 23.2 Å². The van der Waals surface area contributed by atoms with Crippen molar-refractivity contribution in [1.82, 2.24) is 15.5 Å². The smallest absolute Gasteiger partial charge is 0.258 e. The number of aliphatic imine (C=N–C) groups is 1. The van der Waals surface area contributed by atoms with Gasteiger partial charge in [-0.2, -0.15) is 4.98 Å². The summed E-state index contributed by atoms with van der Waals surface area (Å²) in [6.07, 6.45) is 0. The van der Waals surface area contributed by atoms with Gasteiger partial charge in [-0.3, -0.25) is 4.99 Å². The fourth-order valence-corrected chi connectivity index (χ4v) is 3.26. The number of amidine groups is 1. The molecule has 0 fully saturated rings. The topological polar surface area (TPSA) is 63.3 Å². The van der Waals surface area contributed by atoms with Gasteiger partial charge in [0.2, 0.25) is 5.82 Å². The number of nitrogens with zero attached hydrogens (tertiary/aromatic N) is 3. The largest absolute Gasteiger partial charge is 0.368 e. The van der Waals surface area contributed by atoms with Crippen LogP contribution < -0.4 is 5.32 Å². The van der Waals surface area contributed by atoms with Gasteiger partial charge in [-0.05, 0) is 23.3 Å². The maximum Gasteiger partial charge on any atom is 0.258 e. The minimum atomic E-state index is 0.509. The number of aromatic nitrogens is 2. The highest BCUT2D eigenvalue weighted by molar-refractivity contribution is 6.00. The third-order valence-corrected chi connectivity index (χ3v) is 4.76. The van der Waals surface area contributed by atoms with Crippen LogP contribution in [-0.2, 0) is 0 Å². The van der Waals surface area contributed by atoms with Crippen molar-refractivity contribution in [1.29, 1.82) is 0 Å². The molecule has 0 radical (unpaired) electrons. The molecule has 3 aromatic carbocycles. The molecule has 0 aliphatic carbocycles. The molecule has 0 bridgehead atoms. The summed E-state index contributed by atoms with van der Waals surface area (Å²) in [7, 11) is 0. The molecule has 0 saturated heterocycles. The van der Waals surface area contributed by atoms with E-state index in [0.29, 0.717) is 11.7 Å². The van der Waals surface area contributed by atoms with Gasteiger partial charge in [-0.25, -0.2) is 0 Å². The lowest BCUT2D eigenvalue weighted by molar-refractivity contribution is 0.432. The molecule has 0 unspecified atom stereocenters. The van der Waals surface area contributed by atoms with Crippen LogP contribution in [0.25, 0.3) is 34.0 Å². The fraction of sp³-hybridized carbons (Fsp3) is 0.0870. The third kappa shape index (κ3) is 3.18. The second-order valence-electron chi connectivity index (χ2n) is 6.60. The SMILES string of the molecule is c1ccc(-c2ccc(-c3noc(-c4ccc(C5=NCCN5)cc4)n3)cc2)cc1. The molecule has 1 N–H and O–H groups in total. The van der Waals surface area contributed by atoms with E-state index in [1.54, 1.807) is 0 Å². The normalized spacial score (nSPS) is 13.2. The zero-order chi connectivity index (χ0) is 18.8. The lowest BCUT2D eigenvalue weighted by atomic mass is 10.0. The summed E-state index contributed by atoms with van der Waals surface area (Å²) in [4.78, 5) is 8.99. The summed E-state index contributed by atoms with van der Waals surface area (Å²) >= 11 is 0. The highest BCUT2D eigenvalue weighted by atomic mass is 16.5. The van der Waals surface area contributed by atoms with Crippen LogP contribution in [0.15, 0.2) is 88.4 Å². The Morgan fingerprint density at radius 2 is 1.32 bits per heavy atom. The molecule has 0 saturated carbocycles. The molecule has 28 heavy (non-hydrogen) atoms. The lowest BCUT2D eigenvalue weighted by Gasteiger charge is -2.02. The fourth-order valence-electron chi connectivity index (χ4n) is 3.26. The van der Waals surface area contributed by atoms with Gasteiger partial charge in [0.15, 0.2) is 0 Å². The van der Waals surface area contributed by atoms with E-state index in [2.05, 4.69) is 44.7 Å². The average Bonchev–Trinajstić information content (AvgIpc) is 3.47. The first kappa shape index (κ1) is 16.4. The van der Waals surface area contributed by atoms with E-state index in [0.717, 1.165) is 41.2 Å². The standard InChI is InChI=1S/C23H18N4O/c1-2-4-16(5-3-1)17-6-8-19(9-7-17)22-26-23(28-27-22)20-12-10-18(11-13-20)21-24-14-15-25-21/h1-13H,14-15H2,(H,24,25). The first-order valence-corrected chi connectivity index (χ1v) is 9.25. The summed E-state index contributed by atoms with van der Waals surface area (Å²) in [5.74, 6) is 2.03. The summed E-state index contributed by atoms with van der Waals surface area (Å²) in [6, 6.07) is 26.5. The van der Waals surface area contributed by atoms with Crippen molar-refractivity contribution >= 4 is 5.84 Å². The number of hydrogen-bond donors (Lipinski definition) is 1. The maximum atomic E-state index is 5.48. The van der Waals surface area contributed by atoms with E-state index in [4.69, 9.17) is 4.52 Å². The molecular weight excluding hydrogens is 348 g/mol. The summed E-state index contributed by atoms with van der Waals surface area (Å²) in [5, 5.41) is 7.42. The van der Waals surface area contributed by atoms with Crippen molar-refractivity contribution in [2.24, 2.45) is 4.99 Å². The highest BCUT2D eigenvalue weighted by Crippen LogP contribution is 2.25. The predicted molar refractivity (Wildman–Crippen MR) is 110 cm³/mol. The molecule has 0 amide bonds. The zero-order valence-corrected chi connectivity index (χ0v) is 15.2. The second-order valence-corrected chi connectivity index (χ2v) is 6.60. The number of hydrogen-bond acceptors (Lipinski definition) is 5. The van der Waals surface area contributed by atoms with Crippen LogP contribution in [0, 0.1) is 0 Å².